The van der Waals surface area contributed by atoms with Crippen LogP contribution in [0.2, 0.25) is 5.02 Å². The zero-order chi connectivity index (χ0) is 28.7. The van der Waals surface area contributed by atoms with E-state index in [2.05, 4.69) is 44.7 Å². The standard InChI is InChI=1S/C27H31ClN10O3/c1-16(2)24-22(12-38(33-24)20-7-27(8-20)13-36(14-27)26(39)40)32-25-29-9-19(10-30-25)18-4-5-21(28)23(6-18)41-17(3)11-37-15-31-34-35-37/h4-6,9-10,12,15-17,20H,7-8,11,13-14H2,1-3H3,(H,39,40)(H,29,30,32)/t17-/m0/s1. The Morgan fingerprint density at radius 2 is 1.95 bits per heavy atom. The topological polar surface area (TPSA) is 149 Å². The molecule has 1 saturated carbocycles. The van der Waals surface area contributed by atoms with Crippen molar-refractivity contribution in [1.29, 1.82) is 0 Å². The third-order valence-electron chi connectivity index (χ3n) is 7.67. The summed E-state index contributed by atoms with van der Waals surface area (Å²) in [6, 6.07) is 5.82. The first-order valence-electron chi connectivity index (χ1n) is 13.5. The third-order valence-corrected chi connectivity index (χ3v) is 7.98. The van der Waals surface area contributed by atoms with Crippen LogP contribution in [-0.2, 0) is 6.54 Å². The van der Waals surface area contributed by atoms with Gasteiger partial charge < -0.3 is 20.1 Å². The van der Waals surface area contributed by atoms with Gasteiger partial charge in [0.2, 0.25) is 5.95 Å². The Bertz CT molecular complexity index is 1530. The Balaban J connectivity index is 1.12. The Labute approximate surface area is 241 Å². The number of likely N-dealkylation sites (tertiary alicyclic amines) is 1. The zero-order valence-electron chi connectivity index (χ0n) is 23.0. The third kappa shape index (κ3) is 5.53. The van der Waals surface area contributed by atoms with Crippen LogP contribution in [0.15, 0.2) is 43.1 Å². The molecular weight excluding hydrogens is 548 g/mol. The normalized spacial score (nSPS) is 16.9. The molecule has 2 fully saturated rings. The maximum Gasteiger partial charge on any atom is 0.407 e. The number of rotatable bonds is 9. The van der Waals surface area contributed by atoms with Crippen LogP contribution >= 0.6 is 11.6 Å². The number of amides is 1. The van der Waals surface area contributed by atoms with Gasteiger partial charge in [-0.15, -0.1) is 5.10 Å². The van der Waals surface area contributed by atoms with E-state index in [0.29, 0.717) is 36.4 Å². The molecule has 1 saturated heterocycles. The van der Waals surface area contributed by atoms with Gasteiger partial charge in [-0.2, -0.15) is 5.10 Å². The average molecular weight is 579 g/mol. The molecule has 1 spiro atoms. The van der Waals surface area contributed by atoms with Gasteiger partial charge in [-0.05, 0) is 53.8 Å². The molecule has 2 aliphatic rings. The quantitative estimate of drug-likeness (QED) is 0.288. The number of ether oxygens (including phenoxy) is 1. The minimum absolute atomic E-state index is 0.110. The predicted molar refractivity (Wildman–Crippen MR) is 150 cm³/mol. The molecule has 214 valence electrons. The van der Waals surface area contributed by atoms with E-state index in [-0.39, 0.29) is 23.5 Å². The van der Waals surface area contributed by atoms with Crippen LogP contribution in [0.5, 0.6) is 5.75 Å². The molecule has 14 heteroatoms. The number of carboxylic acid groups (broad SMARTS) is 1. The molecule has 41 heavy (non-hydrogen) atoms. The average Bonchev–Trinajstić information content (AvgIpc) is 3.54. The molecule has 13 nitrogen and oxygen atoms in total. The summed E-state index contributed by atoms with van der Waals surface area (Å²) < 4.78 is 9.66. The molecule has 0 radical (unpaired) electrons. The van der Waals surface area contributed by atoms with Crippen LogP contribution in [0.25, 0.3) is 11.1 Å². The number of tetrazole rings is 1. The van der Waals surface area contributed by atoms with Gasteiger partial charge in [-0.1, -0.05) is 31.5 Å². The number of nitrogens with one attached hydrogen (secondary N) is 1. The van der Waals surface area contributed by atoms with Crippen molar-refractivity contribution in [2.24, 2.45) is 5.41 Å². The lowest BCUT2D eigenvalue weighted by Crippen LogP contribution is -2.63. The minimum Gasteiger partial charge on any atom is -0.487 e. The Hall–Kier alpha value is -4.26. The van der Waals surface area contributed by atoms with Crippen LogP contribution in [0.1, 0.15) is 51.3 Å². The van der Waals surface area contributed by atoms with E-state index in [4.69, 9.17) is 26.5 Å². The van der Waals surface area contributed by atoms with Gasteiger partial charge >= 0.3 is 6.09 Å². The van der Waals surface area contributed by atoms with Gasteiger partial charge in [0.25, 0.3) is 0 Å². The van der Waals surface area contributed by atoms with E-state index in [1.807, 2.05) is 29.9 Å². The minimum atomic E-state index is -0.838. The van der Waals surface area contributed by atoms with E-state index in [1.165, 1.54) is 11.2 Å². The van der Waals surface area contributed by atoms with Gasteiger partial charge in [0.05, 0.1) is 29.0 Å². The highest BCUT2D eigenvalue weighted by Crippen LogP contribution is 2.54. The number of carbonyl (C=O) groups is 1. The maximum absolute atomic E-state index is 11.1. The second kappa shape index (κ2) is 10.6. The monoisotopic (exact) mass is 578 g/mol. The number of anilines is 2. The van der Waals surface area contributed by atoms with Gasteiger partial charge in [-0.25, -0.2) is 19.4 Å². The first-order chi connectivity index (χ1) is 19.7. The molecule has 1 atom stereocenters. The van der Waals surface area contributed by atoms with Crippen molar-refractivity contribution in [2.75, 3.05) is 18.4 Å². The maximum atomic E-state index is 11.1. The van der Waals surface area contributed by atoms with Crippen molar-refractivity contribution in [2.45, 2.75) is 58.2 Å². The first kappa shape index (κ1) is 26.9. The summed E-state index contributed by atoms with van der Waals surface area (Å²) in [4.78, 5) is 21.7. The van der Waals surface area contributed by atoms with Crippen LogP contribution in [0.4, 0.5) is 16.4 Å². The van der Waals surface area contributed by atoms with Gasteiger partial charge in [-0.3, -0.25) is 4.68 Å². The van der Waals surface area contributed by atoms with Crippen molar-refractivity contribution in [3.8, 4) is 16.9 Å². The summed E-state index contributed by atoms with van der Waals surface area (Å²) in [6.45, 7) is 7.84. The number of hydrogen-bond acceptors (Lipinski definition) is 9. The summed E-state index contributed by atoms with van der Waals surface area (Å²) >= 11 is 6.40. The predicted octanol–water partition coefficient (Wildman–Crippen LogP) is 4.63. The van der Waals surface area contributed by atoms with E-state index in [1.54, 1.807) is 23.1 Å². The molecule has 1 aromatic carbocycles. The SMILES string of the molecule is CC(C)c1nn(C2CC3(C2)CN(C(=O)O)C3)cc1Nc1ncc(-c2ccc(Cl)c(O[C@@H](C)Cn3cnnn3)c2)cn1. The lowest BCUT2D eigenvalue weighted by atomic mass is 9.61. The molecule has 4 heterocycles. The number of hydrogen-bond donors (Lipinski definition) is 2. The molecule has 3 aromatic heterocycles. The summed E-state index contributed by atoms with van der Waals surface area (Å²) in [5.74, 6) is 1.22. The Morgan fingerprint density at radius 1 is 1.20 bits per heavy atom. The summed E-state index contributed by atoms with van der Waals surface area (Å²) in [5.41, 5.74) is 3.61. The zero-order valence-corrected chi connectivity index (χ0v) is 23.7. The van der Waals surface area contributed by atoms with Gasteiger partial charge in [0.1, 0.15) is 18.2 Å². The molecule has 1 amide bonds. The highest BCUT2D eigenvalue weighted by molar-refractivity contribution is 6.32. The van der Waals surface area contributed by atoms with Crippen LogP contribution in [0.3, 0.4) is 0 Å². The van der Waals surface area contributed by atoms with E-state index >= 15 is 0 Å². The Morgan fingerprint density at radius 3 is 2.61 bits per heavy atom. The fraction of sp³-hybridized carbons (Fsp3) is 0.444. The molecule has 0 bridgehead atoms. The summed E-state index contributed by atoms with van der Waals surface area (Å²) in [7, 11) is 0. The molecule has 4 aromatic rings. The van der Waals surface area contributed by atoms with E-state index in [0.717, 1.165) is 35.3 Å². The fourth-order valence-corrected chi connectivity index (χ4v) is 5.78. The van der Waals surface area contributed by atoms with Crippen molar-refractivity contribution in [3.05, 3.63) is 53.8 Å². The number of halogens is 1. The second-order valence-electron chi connectivity index (χ2n) is 11.3. The highest BCUT2D eigenvalue weighted by atomic mass is 35.5. The van der Waals surface area contributed by atoms with Gasteiger partial charge in [0.15, 0.2) is 0 Å². The fourth-order valence-electron chi connectivity index (χ4n) is 5.62. The molecule has 2 N–H and O–H groups in total. The second-order valence-corrected chi connectivity index (χ2v) is 11.7. The van der Waals surface area contributed by atoms with Crippen LogP contribution in [0, 0.1) is 5.41 Å². The highest BCUT2D eigenvalue weighted by Gasteiger charge is 2.54. The van der Waals surface area contributed by atoms with Crippen molar-refractivity contribution < 1.29 is 14.6 Å². The molecule has 1 aliphatic carbocycles. The van der Waals surface area contributed by atoms with E-state index in [9.17, 15) is 4.79 Å². The molecule has 0 unspecified atom stereocenters. The molecule has 1 aliphatic heterocycles. The summed E-state index contributed by atoms with van der Waals surface area (Å²) in [6.07, 6.45) is 7.89. The summed E-state index contributed by atoms with van der Waals surface area (Å²) in [5, 5.41) is 29.0. The molecule has 6 rings (SSSR count). The number of benzene rings is 1. The van der Waals surface area contributed by atoms with Crippen LogP contribution < -0.4 is 10.1 Å². The number of aromatic nitrogens is 8. The smallest absolute Gasteiger partial charge is 0.407 e. The molecular formula is C27H31ClN10O3. The van der Waals surface area contributed by atoms with Crippen molar-refractivity contribution in [3.63, 3.8) is 0 Å². The van der Waals surface area contributed by atoms with Crippen molar-refractivity contribution >= 4 is 29.3 Å². The van der Waals surface area contributed by atoms with Gasteiger partial charge in [0, 0.05) is 42.7 Å². The lowest BCUT2D eigenvalue weighted by molar-refractivity contribution is -0.0772. The lowest BCUT2D eigenvalue weighted by Gasteiger charge is -2.57. The first-order valence-corrected chi connectivity index (χ1v) is 13.9. The Kier molecular flexibility index (Phi) is 6.98. The largest absolute Gasteiger partial charge is 0.487 e. The van der Waals surface area contributed by atoms with Crippen molar-refractivity contribution in [1.82, 2.24) is 44.9 Å². The van der Waals surface area contributed by atoms with Crippen LogP contribution in [-0.4, -0.2) is 75.2 Å². The van der Waals surface area contributed by atoms with E-state index < -0.39 is 6.09 Å². The number of nitrogens with zero attached hydrogens (tertiary/aromatic N) is 9.